The zero-order valence-corrected chi connectivity index (χ0v) is 26.5. The average Bonchev–Trinajstić information content (AvgIpc) is 3.72. The molecule has 1 aliphatic heterocycles. The van der Waals surface area contributed by atoms with Crippen LogP contribution in [0.5, 0.6) is 0 Å². The monoisotopic (exact) mass is 611 g/mol. The Morgan fingerprint density at radius 3 is 2.43 bits per heavy atom. The fourth-order valence-electron chi connectivity index (χ4n) is 6.41. The van der Waals surface area contributed by atoms with E-state index in [-0.39, 0.29) is 11.7 Å². The molecule has 2 heterocycles. The van der Waals surface area contributed by atoms with Crippen LogP contribution in [0.25, 0.3) is 11.0 Å². The molecule has 0 atom stereocenters. The first-order chi connectivity index (χ1) is 21.5. The Balaban J connectivity index is 1.25. The first-order valence-electron chi connectivity index (χ1n) is 15.8. The molecule has 1 aromatic heterocycles. The normalized spacial score (nSPS) is 15.6. The molecule has 1 saturated carbocycles. The maximum absolute atomic E-state index is 13.1. The fraction of sp³-hybridized carbons (Fsp3) is 0.389. The van der Waals surface area contributed by atoms with Gasteiger partial charge in [-0.15, -0.1) is 0 Å². The number of hydrogen-bond donors (Lipinski definition) is 0. The summed E-state index contributed by atoms with van der Waals surface area (Å²) in [4.78, 5) is 31.1. The number of nitrogens with zero attached hydrogens (tertiary/aromatic N) is 3. The van der Waals surface area contributed by atoms with Gasteiger partial charge in [0.15, 0.2) is 0 Å². The van der Waals surface area contributed by atoms with Gasteiger partial charge in [-0.1, -0.05) is 55.3 Å². The Bertz CT molecular complexity index is 1590. The summed E-state index contributed by atoms with van der Waals surface area (Å²) in [6.07, 6.45) is 5.35. The van der Waals surface area contributed by atoms with Crippen LogP contribution >= 0.6 is 11.9 Å². The van der Waals surface area contributed by atoms with Crippen molar-refractivity contribution in [3.8, 4) is 0 Å². The van der Waals surface area contributed by atoms with Gasteiger partial charge in [-0.2, -0.15) is 0 Å². The minimum absolute atomic E-state index is 0.225. The number of fused-ring (bicyclic) bond motifs is 1. The third-order valence-electron chi connectivity index (χ3n) is 8.82. The molecule has 8 heteroatoms. The summed E-state index contributed by atoms with van der Waals surface area (Å²) in [6, 6.07) is 25.3. The van der Waals surface area contributed by atoms with E-state index in [2.05, 4.69) is 80.8 Å². The summed E-state index contributed by atoms with van der Waals surface area (Å²) in [6.45, 7) is 7.99. The molecule has 0 unspecified atom stereocenters. The summed E-state index contributed by atoms with van der Waals surface area (Å²) in [7, 11) is 0. The number of para-hydroxylation sites is 2. The lowest BCUT2D eigenvalue weighted by Gasteiger charge is -2.39. The van der Waals surface area contributed by atoms with Crippen LogP contribution in [-0.4, -0.2) is 56.1 Å². The van der Waals surface area contributed by atoms with Gasteiger partial charge < -0.3 is 23.3 Å². The van der Waals surface area contributed by atoms with Crippen molar-refractivity contribution in [3.63, 3.8) is 0 Å². The van der Waals surface area contributed by atoms with E-state index in [4.69, 9.17) is 9.15 Å². The lowest BCUT2D eigenvalue weighted by Crippen LogP contribution is -2.50. The van der Waals surface area contributed by atoms with Crippen LogP contribution < -0.4 is 9.21 Å². The summed E-state index contributed by atoms with van der Waals surface area (Å²) < 4.78 is 13.5. The highest BCUT2D eigenvalue weighted by atomic mass is 32.2. The van der Waals surface area contributed by atoms with Crippen molar-refractivity contribution in [2.75, 3.05) is 48.5 Å². The number of hydrogen-bond acceptors (Lipinski definition) is 7. The number of benzene rings is 3. The predicted octanol–water partition coefficient (Wildman–Crippen LogP) is 7.51. The van der Waals surface area contributed by atoms with Gasteiger partial charge in [0, 0.05) is 54.5 Å². The van der Waals surface area contributed by atoms with Gasteiger partial charge in [-0.3, -0.25) is 4.79 Å². The van der Waals surface area contributed by atoms with Crippen molar-refractivity contribution in [1.29, 1.82) is 0 Å². The first kappa shape index (κ1) is 30.1. The highest BCUT2D eigenvalue weighted by Crippen LogP contribution is 2.39. The van der Waals surface area contributed by atoms with Crippen LogP contribution in [0.15, 0.2) is 82.1 Å². The van der Waals surface area contributed by atoms with Gasteiger partial charge in [-0.05, 0) is 81.0 Å². The number of furan rings is 1. The van der Waals surface area contributed by atoms with Gasteiger partial charge in [0.2, 0.25) is 11.7 Å². The van der Waals surface area contributed by atoms with Gasteiger partial charge in [0.1, 0.15) is 5.58 Å². The van der Waals surface area contributed by atoms with Crippen molar-refractivity contribution in [1.82, 2.24) is 4.90 Å². The molecule has 0 N–H and O–H groups in total. The number of rotatable bonds is 10. The molecule has 4 aromatic rings. The van der Waals surface area contributed by atoms with Crippen molar-refractivity contribution in [2.45, 2.75) is 50.8 Å². The summed E-state index contributed by atoms with van der Waals surface area (Å²) in [5.41, 5.74) is 5.10. The van der Waals surface area contributed by atoms with E-state index in [1.807, 2.05) is 13.0 Å². The fourth-order valence-corrected chi connectivity index (χ4v) is 7.40. The maximum atomic E-state index is 13.1. The third kappa shape index (κ3) is 6.60. The Kier molecular flexibility index (Phi) is 9.45. The molecule has 1 aliphatic carbocycles. The summed E-state index contributed by atoms with van der Waals surface area (Å²) in [5.74, 6) is 0.412. The minimum atomic E-state index is -0.432. The number of anilines is 2. The molecule has 1 saturated heterocycles. The number of carbonyl (C=O) groups excluding carboxylic acids is 2. The Morgan fingerprint density at radius 1 is 0.955 bits per heavy atom. The van der Waals surface area contributed by atoms with E-state index in [0.29, 0.717) is 18.1 Å². The minimum Gasteiger partial charge on any atom is -0.460 e. The Hall–Kier alpha value is -3.91. The first-order valence-corrected chi connectivity index (χ1v) is 16.6. The Labute approximate surface area is 264 Å². The zero-order valence-electron chi connectivity index (χ0n) is 25.7. The predicted molar refractivity (Wildman–Crippen MR) is 177 cm³/mol. The molecular weight excluding hydrogens is 570 g/mol. The topological polar surface area (TPSA) is 66.2 Å². The third-order valence-corrected chi connectivity index (χ3v) is 9.88. The van der Waals surface area contributed by atoms with Gasteiger partial charge in [0.05, 0.1) is 18.0 Å². The van der Waals surface area contributed by atoms with Crippen molar-refractivity contribution >= 4 is 46.2 Å². The summed E-state index contributed by atoms with van der Waals surface area (Å²) >= 11 is 1.70. The molecule has 2 fully saturated rings. The van der Waals surface area contributed by atoms with Crippen LogP contribution in [0.1, 0.15) is 54.3 Å². The smallest absolute Gasteiger partial charge is 0.374 e. The SMILES string of the molecule is CCOC(=O)c1oc2ccc(SN(CCc3ccccc3)c3ccccc3N3CCN(C(=O)C4CCCC4)CC3)cc2c1C. The molecule has 0 bridgehead atoms. The molecule has 0 radical (unpaired) electrons. The largest absolute Gasteiger partial charge is 0.460 e. The number of piperazine rings is 1. The van der Waals surface area contributed by atoms with E-state index >= 15 is 0 Å². The Morgan fingerprint density at radius 2 is 1.68 bits per heavy atom. The zero-order chi connectivity index (χ0) is 30.5. The average molecular weight is 612 g/mol. The second kappa shape index (κ2) is 13.8. The number of carbonyl (C=O) groups is 2. The molecule has 44 heavy (non-hydrogen) atoms. The van der Waals surface area contributed by atoms with Crippen LogP contribution in [0, 0.1) is 12.8 Å². The second-order valence-electron chi connectivity index (χ2n) is 11.6. The molecule has 7 nitrogen and oxygen atoms in total. The highest BCUT2D eigenvalue weighted by Gasteiger charge is 2.30. The molecule has 1 amide bonds. The number of esters is 1. The van der Waals surface area contributed by atoms with Crippen molar-refractivity contribution in [2.24, 2.45) is 5.92 Å². The molecule has 2 aliphatic rings. The van der Waals surface area contributed by atoms with E-state index in [1.54, 1.807) is 18.9 Å². The van der Waals surface area contributed by atoms with E-state index in [0.717, 1.165) is 73.5 Å². The van der Waals surface area contributed by atoms with Gasteiger partial charge >= 0.3 is 5.97 Å². The standard InChI is InChI=1S/C36H41N3O4S/c1-3-42-36(41)34-26(2)30-25-29(17-18-33(30)43-34)44-39(20-19-27-11-5-4-6-12-27)32-16-10-9-15-31(32)37-21-23-38(24-22-37)35(40)28-13-7-8-14-28/h4-6,9-12,15-18,25,28H,3,7-8,13-14,19-24H2,1-2H3. The van der Waals surface area contributed by atoms with Gasteiger partial charge in [0.25, 0.3) is 0 Å². The van der Waals surface area contributed by atoms with E-state index in [9.17, 15) is 9.59 Å². The van der Waals surface area contributed by atoms with Crippen LogP contribution in [0.2, 0.25) is 0 Å². The number of ether oxygens (including phenoxy) is 1. The van der Waals surface area contributed by atoms with E-state index in [1.165, 1.54) is 24.1 Å². The van der Waals surface area contributed by atoms with Gasteiger partial charge in [-0.25, -0.2) is 4.79 Å². The summed E-state index contributed by atoms with van der Waals surface area (Å²) in [5, 5.41) is 0.914. The van der Waals surface area contributed by atoms with Crippen LogP contribution in [0.4, 0.5) is 11.4 Å². The van der Waals surface area contributed by atoms with E-state index < -0.39 is 5.97 Å². The lowest BCUT2D eigenvalue weighted by atomic mass is 10.1. The molecule has 0 spiro atoms. The van der Waals surface area contributed by atoms with Crippen molar-refractivity contribution < 1.29 is 18.7 Å². The molecule has 230 valence electrons. The lowest BCUT2D eigenvalue weighted by molar-refractivity contribution is -0.135. The second-order valence-corrected chi connectivity index (χ2v) is 12.7. The highest BCUT2D eigenvalue weighted by molar-refractivity contribution is 8.00. The maximum Gasteiger partial charge on any atom is 0.374 e. The van der Waals surface area contributed by atoms with Crippen LogP contribution in [-0.2, 0) is 16.0 Å². The quantitative estimate of drug-likeness (QED) is 0.136. The van der Waals surface area contributed by atoms with Crippen LogP contribution in [0.3, 0.4) is 0 Å². The number of amides is 1. The molecule has 6 rings (SSSR count). The molecule has 3 aromatic carbocycles. The molecular formula is C36H41N3O4S. The van der Waals surface area contributed by atoms with Crippen molar-refractivity contribution in [3.05, 3.63) is 89.7 Å². The number of aryl methyl sites for hydroxylation is 1.